The van der Waals surface area contributed by atoms with Crippen molar-refractivity contribution in [1.82, 2.24) is 0 Å². The first-order valence-corrected chi connectivity index (χ1v) is 9.39. The number of benzene rings is 2. The van der Waals surface area contributed by atoms with E-state index in [-0.39, 0.29) is 11.9 Å². The van der Waals surface area contributed by atoms with E-state index in [4.69, 9.17) is 9.47 Å². The SMILES string of the molecule is COc1cc2c(cc1OC)[C@@H](C)[NH+](CC(=O)Nc1ccc(C)c(C)c1)CC2. The fraction of sp³-hybridized carbons (Fsp3) is 0.409. The zero-order valence-electron chi connectivity index (χ0n) is 16.8. The molecule has 0 bridgehead atoms. The molecule has 1 aliphatic rings. The molecule has 3 rings (SSSR count). The van der Waals surface area contributed by atoms with Crippen LogP contribution in [0.1, 0.15) is 35.2 Å². The molecule has 0 aromatic heterocycles. The van der Waals surface area contributed by atoms with Gasteiger partial charge in [0, 0.05) is 17.7 Å². The molecular formula is C22H29N2O3+. The van der Waals surface area contributed by atoms with Gasteiger partial charge in [-0.15, -0.1) is 0 Å². The third-order valence-electron chi connectivity index (χ3n) is 5.62. The standard InChI is InChI=1S/C22H28N2O3/c1-14-6-7-18(10-15(14)2)23-22(25)13-24-9-8-17-11-20(26-4)21(27-5)12-19(17)16(24)3/h6-7,10-12,16H,8-9,13H2,1-5H3,(H,23,25)/p+1/t16-/m1/s1. The Kier molecular flexibility index (Phi) is 5.71. The monoisotopic (exact) mass is 369 g/mol. The van der Waals surface area contributed by atoms with E-state index >= 15 is 0 Å². The van der Waals surface area contributed by atoms with Gasteiger partial charge in [0.05, 0.1) is 20.8 Å². The van der Waals surface area contributed by atoms with Crippen molar-refractivity contribution in [2.24, 2.45) is 0 Å². The van der Waals surface area contributed by atoms with E-state index in [0.29, 0.717) is 6.54 Å². The summed E-state index contributed by atoms with van der Waals surface area (Å²) in [6.45, 7) is 7.66. The molecule has 1 aliphatic heterocycles. The van der Waals surface area contributed by atoms with Gasteiger partial charge in [-0.05, 0) is 61.7 Å². The van der Waals surface area contributed by atoms with Crippen molar-refractivity contribution in [3.05, 3.63) is 52.6 Å². The number of amides is 1. The van der Waals surface area contributed by atoms with Gasteiger partial charge in [-0.2, -0.15) is 0 Å². The Morgan fingerprint density at radius 1 is 1.11 bits per heavy atom. The molecule has 0 saturated heterocycles. The fourth-order valence-electron chi connectivity index (χ4n) is 3.76. The number of ether oxygens (including phenoxy) is 2. The minimum atomic E-state index is 0.0454. The molecule has 0 spiro atoms. The predicted octanol–water partition coefficient (Wildman–Crippen LogP) is 2.46. The number of hydrogen-bond acceptors (Lipinski definition) is 3. The van der Waals surface area contributed by atoms with E-state index < -0.39 is 0 Å². The number of rotatable bonds is 5. The van der Waals surface area contributed by atoms with Crippen LogP contribution >= 0.6 is 0 Å². The van der Waals surface area contributed by atoms with E-state index in [0.717, 1.165) is 30.2 Å². The summed E-state index contributed by atoms with van der Waals surface area (Å²) >= 11 is 0. The Labute approximate surface area is 161 Å². The Bertz CT molecular complexity index is 848. The second-order valence-electron chi connectivity index (χ2n) is 7.31. The summed E-state index contributed by atoms with van der Waals surface area (Å²) in [7, 11) is 3.31. The predicted molar refractivity (Wildman–Crippen MR) is 107 cm³/mol. The molecule has 1 unspecified atom stereocenters. The average molecular weight is 369 g/mol. The number of fused-ring (bicyclic) bond motifs is 1. The molecule has 1 heterocycles. The van der Waals surface area contributed by atoms with Crippen LogP contribution in [0.3, 0.4) is 0 Å². The highest BCUT2D eigenvalue weighted by molar-refractivity contribution is 5.91. The third-order valence-corrected chi connectivity index (χ3v) is 5.62. The van der Waals surface area contributed by atoms with E-state index in [1.807, 2.05) is 18.2 Å². The normalized spacial score (nSPS) is 18.6. The van der Waals surface area contributed by atoms with Crippen LogP contribution in [0.4, 0.5) is 5.69 Å². The zero-order chi connectivity index (χ0) is 19.6. The van der Waals surface area contributed by atoms with Gasteiger partial charge in [0.25, 0.3) is 5.91 Å². The van der Waals surface area contributed by atoms with Crippen molar-refractivity contribution in [3.8, 4) is 11.5 Å². The molecule has 0 saturated carbocycles. The van der Waals surface area contributed by atoms with Crippen LogP contribution < -0.4 is 19.7 Å². The number of methoxy groups -OCH3 is 2. The number of nitrogens with one attached hydrogen (secondary N) is 2. The molecule has 27 heavy (non-hydrogen) atoms. The van der Waals surface area contributed by atoms with Crippen LogP contribution in [-0.4, -0.2) is 33.2 Å². The minimum absolute atomic E-state index is 0.0454. The zero-order valence-corrected chi connectivity index (χ0v) is 16.8. The van der Waals surface area contributed by atoms with Crippen LogP contribution in [0.25, 0.3) is 0 Å². The summed E-state index contributed by atoms with van der Waals surface area (Å²) in [5, 5.41) is 3.04. The van der Waals surface area contributed by atoms with Crippen LogP contribution in [-0.2, 0) is 11.2 Å². The summed E-state index contributed by atoms with van der Waals surface area (Å²) in [4.78, 5) is 13.8. The smallest absolute Gasteiger partial charge is 0.279 e. The van der Waals surface area contributed by atoms with E-state index in [1.54, 1.807) is 14.2 Å². The number of aryl methyl sites for hydroxylation is 2. The summed E-state index contributed by atoms with van der Waals surface area (Å²) < 4.78 is 10.9. The minimum Gasteiger partial charge on any atom is -0.493 e. The maximum absolute atomic E-state index is 12.6. The Hall–Kier alpha value is -2.53. The van der Waals surface area contributed by atoms with Crippen LogP contribution in [0.2, 0.25) is 0 Å². The summed E-state index contributed by atoms with van der Waals surface area (Å²) in [5.41, 5.74) is 5.77. The molecule has 144 valence electrons. The molecule has 0 aliphatic carbocycles. The van der Waals surface area contributed by atoms with Gasteiger partial charge in [0.1, 0.15) is 6.04 Å². The second-order valence-corrected chi connectivity index (χ2v) is 7.31. The number of carbonyl (C=O) groups is 1. The number of carbonyl (C=O) groups excluding carboxylic acids is 1. The largest absolute Gasteiger partial charge is 0.493 e. The van der Waals surface area contributed by atoms with Crippen LogP contribution in [0, 0.1) is 13.8 Å². The summed E-state index contributed by atoms with van der Waals surface area (Å²) in [5.74, 6) is 1.55. The molecule has 2 atom stereocenters. The van der Waals surface area contributed by atoms with Crippen molar-refractivity contribution < 1.29 is 19.2 Å². The van der Waals surface area contributed by atoms with Gasteiger partial charge < -0.3 is 19.7 Å². The van der Waals surface area contributed by atoms with E-state index in [2.05, 4.69) is 38.2 Å². The van der Waals surface area contributed by atoms with E-state index in [1.165, 1.54) is 27.2 Å². The molecule has 2 aromatic carbocycles. The highest BCUT2D eigenvalue weighted by Gasteiger charge is 2.30. The van der Waals surface area contributed by atoms with Crippen LogP contribution in [0.15, 0.2) is 30.3 Å². The molecule has 1 amide bonds. The topological polar surface area (TPSA) is 52.0 Å². The molecular weight excluding hydrogens is 340 g/mol. The Morgan fingerprint density at radius 2 is 1.81 bits per heavy atom. The average Bonchev–Trinajstić information content (AvgIpc) is 2.66. The van der Waals surface area contributed by atoms with Gasteiger partial charge >= 0.3 is 0 Å². The van der Waals surface area contributed by atoms with Crippen molar-refractivity contribution in [3.63, 3.8) is 0 Å². The fourth-order valence-corrected chi connectivity index (χ4v) is 3.76. The highest BCUT2D eigenvalue weighted by Crippen LogP contribution is 2.33. The van der Waals surface area contributed by atoms with Crippen LogP contribution in [0.5, 0.6) is 11.5 Å². The van der Waals surface area contributed by atoms with Gasteiger partial charge in [-0.1, -0.05) is 6.07 Å². The van der Waals surface area contributed by atoms with Gasteiger partial charge in [-0.3, -0.25) is 4.79 Å². The number of anilines is 1. The molecule has 2 N–H and O–H groups in total. The lowest BCUT2D eigenvalue weighted by molar-refractivity contribution is -0.924. The van der Waals surface area contributed by atoms with Crippen molar-refractivity contribution >= 4 is 11.6 Å². The summed E-state index contributed by atoms with van der Waals surface area (Å²) in [6, 6.07) is 10.4. The van der Waals surface area contributed by atoms with Crippen molar-refractivity contribution in [2.45, 2.75) is 33.2 Å². The first-order chi connectivity index (χ1) is 12.9. The molecule has 5 nitrogen and oxygen atoms in total. The highest BCUT2D eigenvalue weighted by atomic mass is 16.5. The first kappa shape index (κ1) is 19.2. The third kappa shape index (κ3) is 4.08. The lowest BCUT2D eigenvalue weighted by Gasteiger charge is -2.32. The Balaban J connectivity index is 1.71. The first-order valence-electron chi connectivity index (χ1n) is 9.39. The molecule has 2 aromatic rings. The number of hydrogen-bond donors (Lipinski definition) is 2. The molecule has 0 radical (unpaired) electrons. The lowest BCUT2D eigenvalue weighted by atomic mass is 9.93. The quantitative estimate of drug-likeness (QED) is 0.851. The van der Waals surface area contributed by atoms with Crippen molar-refractivity contribution in [1.29, 1.82) is 0 Å². The van der Waals surface area contributed by atoms with Gasteiger partial charge in [-0.25, -0.2) is 0 Å². The maximum atomic E-state index is 12.6. The maximum Gasteiger partial charge on any atom is 0.279 e. The summed E-state index contributed by atoms with van der Waals surface area (Å²) in [6.07, 6.45) is 0.923. The van der Waals surface area contributed by atoms with Gasteiger partial charge in [0.2, 0.25) is 0 Å². The lowest BCUT2D eigenvalue weighted by Crippen LogP contribution is -3.14. The van der Waals surface area contributed by atoms with Crippen molar-refractivity contribution in [2.75, 3.05) is 32.6 Å². The molecule has 0 fully saturated rings. The molecule has 5 heteroatoms. The van der Waals surface area contributed by atoms with Gasteiger partial charge in [0.15, 0.2) is 18.0 Å². The number of quaternary nitrogens is 1. The van der Waals surface area contributed by atoms with E-state index in [9.17, 15) is 4.79 Å². The Morgan fingerprint density at radius 3 is 2.48 bits per heavy atom. The second kappa shape index (κ2) is 8.01.